The van der Waals surface area contributed by atoms with Crippen molar-refractivity contribution in [2.45, 2.75) is 57.1 Å². The maximum atomic E-state index is 9.54. The highest BCUT2D eigenvalue weighted by molar-refractivity contribution is 5.95. The molecule has 2 aromatic carbocycles. The fourth-order valence-electron chi connectivity index (χ4n) is 7.10. The second-order valence-electron chi connectivity index (χ2n) is 11.2. The quantitative estimate of drug-likeness (QED) is 0.594. The Hall–Kier alpha value is -3.18. The summed E-state index contributed by atoms with van der Waals surface area (Å²) in [6, 6.07) is 18.8. The van der Waals surface area contributed by atoms with Crippen LogP contribution in [0.5, 0.6) is 0 Å². The molecule has 3 fully saturated rings. The fraction of sp³-hybridized carbons (Fsp3) is 0.467. The van der Waals surface area contributed by atoms with Crippen LogP contribution in [0.15, 0.2) is 48.7 Å². The second-order valence-corrected chi connectivity index (χ2v) is 11.2. The maximum Gasteiger partial charge on any atom is 0.101 e. The average molecular weight is 495 g/mol. The Kier molecular flexibility index (Phi) is 5.77. The molecule has 0 saturated carbocycles. The number of morpholine rings is 1. The molecule has 7 heteroatoms. The van der Waals surface area contributed by atoms with Gasteiger partial charge in [-0.2, -0.15) is 5.26 Å². The molecule has 0 amide bonds. The van der Waals surface area contributed by atoms with Crippen molar-refractivity contribution in [1.29, 1.82) is 5.26 Å². The first-order valence-electron chi connectivity index (χ1n) is 13.7. The minimum atomic E-state index is 0.129. The lowest BCUT2D eigenvalue weighted by Gasteiger charge is -2.40. The van der Waals surface area contributed by atoms with E-state index >= 15 is 0 Å². The summed E-state index contributed by atoms with van der Waals surface area (Å²) in [4.78, 5) is 12.2. The van der Waals surface area contributed by atoms with Crippen molar-refractivity contribution in [3.05, 3.63) is 65.4 Å². The van der Waals surface area contributed by atoms with Crippen molar-refractivity contribution in [1.82, 2.24) is 15.2 Å². The van der Waals surface area contributed by atoms with E-state index in [1.807, 2.05) is 12.1 Å². The summed E-state index contributed by atoms with van der Waals surface area (Å²) in [6.07, 6.45) is 4.64. The van der Waals surface area contributed by atoms with E-state index in [1.54, 1.807) is 6.20 Å². The van der Waals surface area contributed by atoms with E-state index in [1.165, 1.54) is 29.7 Å². The number of piperazine rings is 1. The van der Waals surface area contributed by atoms with Crippen LogP contribution in [0.3, 0.4) is 0 Å². The van der Waals surface area contributed by atoms with Crippen LogP contribution >= 0.6 is 0 Å². The molecule has 1 aromatic heterocycles. The van der Waals surface area contributed by atoms with E-state index in [2.05, 4.69) is 68.3 Å². The van der Waals surface area contributed by atoms with Gasteiger partial charge in [-0.25, -0.2) is 0 Å². The van der Waals surface area contributed by atoms with Gasteiger partial charge < -0.3 is 19.9 Å². The molecular weight excluding hydrogens is 460 g/mol. The fourth-order valence-corrected chi connectivity index (χ4v) is 7.10. The minimum absolute atomic E-state index is 0.129. The molecule has 4 aliphatic heterocycles. The van der Waals surface area contributed by atoms with E-state index in [-0.39, 0.29) is 12.2 Å². The van der Waals surface area contributed by atoms with E-state index in [0.29, 0.717) is 17.6 Å². The third kappa shape index (κ3) is 4.14. The molecule has 37 heavy (non-hydrogen) atoms. The SMILES string of the molecule is C[C@@H]1CN(c2ccc(C#N)c3ncccc23)C[C@H](CN2Cc3ccc(N4C5CCC4CNC5)cc3C2)O1. The van der Waals surface area contributed by atoms with E-state index in [0.717, 1.165) is 62.4 Å². The van der Waals surface area contributed by atoms with Gasteiger partial charge in [-0.1, -0.05) is 6.07 Å². The number of ether oxygens (including phenoxy) is 1. The van der Waals surface area contributed by atoms with Crippen LogP contribution in [0.4, 0.5) is 11.4 Å². The van der Waals surface area contributed by atoms with Crippen LogP contribution in [0.2, 0.25) is 0 Å². The summed E-state index contributed by atoms with van der Waals surface area (Å²) in [5.41, 5.74) is 6.88. The summed E-state index contributed by atoms with van der Waals surface area (Å²) in [5, 5.41) is 14.2. The Bertz CT molecular complexity index is 1350. The smallest absolute Gasteiger partial charge is 0.101 e. The van der Waals surface area contributed by atoms with Gasteiger partial charge in [0.1, 0.15) is 6.07 Å². The minimum Gasteiger partial charge on any atom is -0.370 e. The first-order chi connectivity index (χ1) is 18.2. The lowest BCUT2D eigenvalue weighted by Crippen LogP contribution is -2.52. The molecule has 7 rings (SSSR count). The molecule has 1 N–H and O–H groups in total. The van der Waals surface area contributed by atoms with E-state index in [9.17, 15) is 5.26 Å². The molecular formula is C30H34N6O. The number of fused-ring (bicyclic) bond motifs is 4. The number of benzene rings is 2. The molecule has 5 heterocycles. The predicted molar refractivity (Wildman–Crippen MR) is 146 cm³/mol. The number of nitrogens with one attached hydrogen (secondary N) is 1. The lowest BCUT2D eigenvalue weighted by atomic mass is 10.1. The van der Waals surface area contributed by atoms with Gasteiger partial charge >= 0.3 is 0 Å². The normalized spacial score (nSPS) is 27.5. The van der Waals surface area contributed by atoms with E-state index in [4.69, 9.17) is 4.74 Å². The molecule has 7 nitrogen and oxygen atoms in total. The number of nitrogens with zero attached hydrogens (tertiary/aromatic N) is 5. The van der Waals surface area contributed by atoms with Gasteiger partial charge in [-0.15, -0.1) is 0 Å². The lowest BCUT2D eigenvalue weighted by molar-refractivity contribution is -0.0329. The van der Waals surface area contributed by atoms with Crippen LogP contribution in [-0.4, -0.2) is 66.9 Å². The van der Waals surface area contributed by atoms with Gasteiger partial charge in [0.2, 0.25) is 0 Å². The summed E-state index contributed by atoms with van der Waals surface area (Å²) in [6.45, 7) is 8.94. The van der Waals surface area contributed by atoms with Gasteiger partial charge in [0, 0.05) is 80.9 Å². The molecule has 3 saturated heterocycles. The van der Waals surface area contributed by atoms with Crippen molar-refractivity contribution in [2.24, 2.45) is 0 Å². The highest BCUT2D eigenvalue weighted by Gasteiger charge is 2.37. The highest BCUT2D eigenvalue weighted by atomic mass is 16.5. The zero-order valence-corrected chi connectivity index (χ0v) is 21.4. The molecule has 0 spiro atoms. The van der Waals surface area contributed by atoms with Crippen molar-refractivity contribution < 1.29 is 4.74 Å². The van der Waals surface area contributed by atoms with Crippen LogP contribution in [0, 0.1) is 11.3 Å². The molecule has 2 unspecified atom stereocenters. The molecule has 3 aromatic rings. The Balaban J connectivity index is 1.07. The first-order valence-corrected chi connectivity index (χ1v) is 13.7. The van der Waals surface area contributed by atoms with Gasteiger partial charge in [0.25, 0.3) is 0 Å². The van der Waals surface area contributed by atoms with Crippen molar-refractivity contribution in [3.63, 3.8) is 0 Å². The van der Waals surface area contributed by atoms with Gasteiger partial charge in [0.05, 0.1) is 23.3 Å². The first kappa shape index (κ1) is 23.0. The summed E-state index contributed by atoms with van der Waals surface area (Å²) in [7, 11) is 0. The average Bonchev–Trinajstić information content (AvgIpc) is 3.42. The van der Waals surface area contributed by atoms with E-state index < -0.39 is 0 Å². The summed E-state index contributed by atoms with van der Waals surface area (Å²) < 4.78 is 6.44. The molecule has 4 aliphatic rings. The van der Waals surface area contributed by atoms with Crippen molar-refractivity contribution in [3.8, 4) is 6.07 Å². The Labute approximate surface area is 218 Å². The number of rotatable bonds is 4. The third-order valence-corrected chi connectivity index (χ3v) is 8.65. The largest absolute Gasteiger partial charge is 0.370 e. The molecule has 4 atom stereocenters. The van der Waals surface area contributed by atoms with Crippen molar-refractivity contribution >= 4 is 22.3 Å². The molecule has 2 bridgehead atoms. The number of anilines is 2. The standard InChI is InChI=1S/C30H34N6O/c1-20-15-35(29-9-5-21(12-31)30-28(29)3-2-10-33-30)19-27(37-20)18-34-16-22-4-6-24(11-23(22)17-34)36-25-7-8-26(36)14-32-13-25/h2-6,9-11,20,25-27,32H,7-8,13-19H2,1H3/t20-,25?,26?,27+/m1/s1. The van der Waals surface area contributed by atoms with Crippen LogP contribution in [0.1, 0.15) is 36.5 Å². The summed E-state index contributed by atoms with van der Waals surface area (Å²) >= 11 is 0. The Morgan fingerprint density at radius 1 is 1.05 bits per heavy atom. The predicted octanol–water partition coefficient (Wildman–Crippen LogP) is 3.66. The molecule has 0 radical (unpaired) electrons. The number of hydrogen-bond acceptors (Lipinski definition) is 7. The monoisotopic (exact) mass is 494 g/mol. The maximum absolute atomic E-state index is 9.54. The Morgan fingerprint density at radius 2 is 1.89 bits per heavy atom. The van der Waals surface area contributed by atoms with Crippen LogP contribution < -0.4 is 15.1 Å². The topological polar surface area (TPSA) is 67.7 Å². The van der Waals surface area contributed by atoms with Gasteiger partial charge in [-0.05, 0) is 67.3 Å². The zero-order chi connectivity index (χ0) is 24.9. The van der Waals surface area contributed by atoms with Crippen molar-refractivity contribution in [2.75, 3.05) is 42.5 Å². The number of aromatic nitrogens is 1. The Morgan fingerprint density at radius 3 is 2.73 bits per heavy atom. The highest BCUT2D eigenvalue weighted by Crippen LogP contribution is 2.36. The number of pyridine rings is 1. The van der Waals surface area contributed by atoms with Crippen LogP contribution in [0.25, 0.3) is 10.9 Å². The van der Waals surface area contributed by atoms with Gasteiger partial charge in [-0.3, -0.25) is 9.88 Å². The summed E-state index contributed by atoms with van der Waals surface area (Å²) in [5.74, 6) is 0. The number of nitriles is 1. The van der Waals surface area contributed by atoms with Crippen LogP contribution in [-0.2, 0) is 17.8 Å². The second kappa shape index (κ2) is 9.29. The molecule has 190 valence electrons. The zero-order valence-electron chi connectivity index (χ0n) is 21.4. The van der Waals surface area contributed by atoms with Gasteiger partial charge in [0.15, 0.2) is 0 Å². The number of hydrogen-bond donors (Lipinski definition) is 1. The molecule has 0 aliphatic carbocycles. The third-order valence-electron chi connectivity index (χ3n) is 8.65.